The minimum atomic E-state index is -0.393. The van der Waals surface area contributed by atoms with Gasteiger partial charge in [0.15, 0.2) is 0 Å². The van der Waals surface area contributed by atoms with Crippen molar-refractivity contribution in [3.8, 4) is 5.69 Å². The van der Waals surface area contributed by atoms with Gasteiger partial charge in [-0.15, -0.1) is 5.10 Å². The number of hydrogen-bond donors (Lipinski definition) is 2. The molecule has 0 fully saturated rings. The normalized spacial score (nSPS) is 10.5. The van der Waals surface area contributed by atoms with Crippen molar-refractivity contribution in [1.82, 2.24) is 25.8 Å². The number of unbranched alkanes of at least 4 members (excludes halogenated alkanes) is 1. The highest BCUT2D eigenvalue weighted by atomic mass is 16.2. The third kappa shape index (κ3) is 4.62. The summed E-state index contributed by atoms with van der Waals surface area (Å²) in [4.78, 5) is 24.4. The van der Waals surface area contributed by atoms with E-state index in [0.29, 0.717) is 11.1 Å². The van der Waals surface area contributed by atoms with Gasteiger partial charge in [-0.25, -0.2) is 4.68 Å². The molecule has 1 aromatic heterocycles. The van der Waals surface area contributed by atoms with Crippen molar-refractivity contribution in [1.29, 1.82) is 0 Å². The third-order valence-corrected chi connectivity index (χ3v) is 4.40. The van der Waals surface area contributed by atoms with Crippen LogP contribution in [0.5, 0.6) is 0 Å². The Kier molecular flexibility index (Phi) is 6.16. The molecule has 0 saturated carbocycles. The lowest BCUT2D eigenvalue weighted by Gasteiger charge is -2.09. The van der Waals surface area contributed by atoms with E-state index in [-0.39, 0.29) is 5.91 Å². The molecule has 2 N–H and O–H groups in total. The molecule has 0 aliphatic heterocycles. The summed E-state index contributed by atoms with van der Waals surface area (Å²) in [7, 11) is 0. The lowest BCUT2D eigenvalue weighted by atomic mass is 10.1. The Labute approximate surface area is 163 Å². The van der Waals surface area contributed by atoms with Crippen LogP contribution >= 0.6 is 0 Å². The van der Waals surface area contributed by atoms with E-state index in [1.165, 1.54) is 0 Å². The molecule has 1 heterocycles. The number of nitrogens with zero attached hydrogens (tertiary/aromatic N) is 3. The molecule has 2 amide bonds. The van der Waals surface area contributed by atoms with Crippen molar-refractivity contribution >= 4 is 11.8 Å². The molecule has 2 aromatic carbocycles. The third-order valence-electron chi connectivity index (χ3n) is 4.40. The van der Waals surface area contributed by atoms with Crippen molar-refractivity contribution in [2.24, 2.45) is 0 Å². The van der Waals surface area contributed by atoms with Crippen molar-refractivity contribution in [2.45, 2.75) is 33.1 Å². The van der Waals surface area contributed by atoms with Crippen molar-refractivity contribution in [3.63, 3.8) is 0 Å². The lowest BCUT2D eigenvalue weighted by Crippen LogP contribution is -2.41. The summed E-state index contributed by atoms with van der Waals surface area (Å²) in [6, 6.07) is 14.1. The largest absolute Gasteiger partial charge is 0.269 e. The predicted octanol–water partition coefficient (Wildman–Crippen LogP) is 2.99. The van der Waals surface area contributed by atoms with Crippen LogP contribution in [0.3, 0.4) is 0 Å². The average molecular weight is 377 g/mol. The molecular formula is C21H23N5O2. The number of rotatable bonds is 6. The van der Waals surface area contributed by atoms with Gasteiger partial charge >= 0.3 is 0 Å². The molecule has 0 atom stereocenters. The summed E-state index contributed by atoms with van der Waals surface area (Å²) >= 11 is 0. The van der Waals surface area contributed by atoms with Gasteiger partial charge in [0.2, 0.25) is 0 Å². The molecule has 0 unspecified atom stereocenters. The quantitative estimate of drug-likeness (QED) is 0.646. The van der Waals surface area contributed by atoms with E-state index in [4.69, 9.17) is 0 Å². The standard InChI is InChI=1S/C21H23N5O2/c1-3-4-8-17-14-26(25-22-17)18-12-10-16(11-13-18)20(27)23-24-21(28)19-9-6-5-7-15(19)2/h5-7,9-14H,3-4,8H2,1-2H3,(H,23,27)(H,24,28). The Hall–Kier alpha value is -3.48. The fourth-order valence-corrected chi connectivity index (χ4v) is 2.74. The summed E-state index contributed by atoms with van der Waals surface area (Å²) in [5.74, 6) is -0.749. The predicted molar refractivity (Wildman–Crippen MR) is 106 cm³/mol. The zero-order valence-corrected chi connectivity index (χ0v) is 16.0. The molecule has 7 nitrogen and oxygen atoms in total. The van der Waals surface area contributed by atoms with Gasteiger partial charge < -0.3 is 0 Å². The van der Waals surface area contributed by atoms with E-state index < -0.39 is 5.91 Å². The van der Waals surface area contributed by atoms with Crippen LogP contribution in [0.2, 0.25) is 0 Å². The van der Waals surface area contributed by atoms with E-state index in [2.05, 4.69) is 28.1 Å². The van der Waals surface area contributed by atoms with Crippen LogP contribution in [0.4, 0.5) is 0 Å². The number of amides is 2. The molecule has 0 bridgehead atoms. The second kappa shape index (κ2) is 8.94. The van der Waals surface area contributed by atoms with Gasteiger partial charge in [0.05, 0.1) is 17.6 Å². The van der Waals surface area contributed by atoms with Gasteiger partial charge in [0.1, 0.15) is 0 Å². The average Bonchev–Trinajstić information content (AvgIpc) is 3.19. The molecule has 144 valence electrons. The molecule has 0 aliphatic rings. The van der Waals surface area contributed by atoms with Gasteiger partial charge in [0, 0.05) is 11.1 Å². The van der Waals surface area contributed by atoms with Crippen molar-refractivity contribution in [2.75, 3.05) is 0 Å². The maximum atomic E-state index is 12.3. The zero-order chi connectivity index (χ0) is 19.9. The van der Waals surface area contributed by atoms with Gasteiger partial charge in [-0.2, -0.15) is 0 Å². The van der Waals surface area contributed by atoms with Crippen LogP contribution in [-0.4, -0.2) is 26.8 Å². The first kappa shape index (κ1) is 19.3. The summed E-state index contributed by atoms with van der Waals surface area (Å²) < 4.78 is 1.69. The van der Waals surface area contributed by atoms with E-state index in [9.17, 15) is 9.59 Å². The SMILES string of the molecule is CCCCc1cn(-c2ccc(C(=O)NNC(=O)c3ccccc3C)cc2)nn1. The Morgan fingerprint density at radius 3 is 2.43 bits per heavy atom. The molecule has 28 heavy (non-hydrogen) atoms. The zero-order valence-electron chi connectivity index (χ0n) is 16.0. The van der Waals surface area contributed by atoms with Crippen LogP contribution in [0.15, 0.2) is 54.7 Å². The first-order valence-electron chi connectivity index (χ1n) is 9.26. The highest BCUT2D eigenvalue weighted by Gasteiger charge is 2.11. The lowest BCUT2D eigenvalue weighted by molar-refractivity contribution is 0.0846. The van der Waals surface area contributed by atoms with Gasteiger partial charge in [-0.05, 0) is 55.7 Å². The summed E-state index contributed by atoms with van der Waals surface area (Å²) in [5.41, 5.74) is 8.43. The molecule has 3 aromatic rings. The van der Waals surface area contributed by atoms with Crippen molar-refractivity contribution in [3.05, 3.63) is 77.1 Å². The molecular weight excluding hydrogens is 354 g/mol. The summed E-state index contributed by atoms with van der Waals surface area (Å²) in [5, 5.41) is 8.28. The number of carbonyl (C=O) groups is 2. The number of carbonyl (C=O) groups excluding carboxylic acids is 2. The Balaban J connectivity index is 1.60. The molecule has 0 radical (unpaired) electrons. The van der Waals surface area contributed by atoms with Crippen LogP contribution < -0.4 is 10.9 Å². The fourth-order valence-electron chi connectivity index (χ4n) is 2.74. The summed E-state index contributed by atoms with van der Waals surface area (Å²) in [6.07, 6.45) is 4.98. The van der Waals surface area contributed by atoms with E-state index >= 15 is 0 Å². The number of hydrogen-bond acceptors (Lipinski definition) is 4. The first-order chi connectivity index (χ1) is 13.6. The second-order valence-corrected chi connectivity index (χ2v) is 6.53. The maximum Gasteiger partial charge on any atom is 0.269 e. The molecule has 0 saturated heterocycles. The van der Waals surface area contributed by atoms with E-state index in [1.54, 1.807) is 41.1 Å². The smallest absolute Gasteiger partial charge is 0.267 e. The molecule has 0 spiro atoms. The fraction of sp³-hybridized carbons (Fsp3) is 0.238. The highest BCUT2D eigenvalue weighted by Crippen LogP contribution is 2.11. The first-order valence-corrected chi connectivity index (χ1v) is 9.26. The summed E-state index contributed by atoms with van der Waals surface area (Å²) in [6.45, 7) is 3.98. The van der Waals surface area contributed by atoms with Crippen LogP contribution in [0.1, 0.15) is 51.7 Å². The maximum absolute atomic E-state index is 12.3. The molecule has 3 rings (SSSR count). The van der Waals surface area contributed by atoms with E-state index in [1.807, 2.05) is 25.3 Å². The van der Waals surface area contributed by atoms with Crippen LogP contribution in [-0.2, 0) is 6.42 Å². The number of benzene rings is 2. The van der Waals surface area contributed by atoms with Crippen LogP contribution in [0, 0.1) is 6.92 Å². The number of aryl methyl sites for hydroxylation is 2. The second-order valence-electron chi connectivity index (χ2n) is 6.53. The number of nitrogens with one attached hydrogen (secondary N) is 2. The van der Waals surface area contributed by atoms with E-state index in [0.717, 1.165) is 36.2 Å². The minimum absolute atomic E-state index is 0.356. The van der Waals surface area contributed by atoms with Gasteiger partial charge in [-0.3, -0.25) is 20.4 Å². The Morgan fingerprint density at radius 1 is 1.00 bits per heavy atom. The molecule has 7 heteroatoms. The van der Waals surface area contributed by atoms with Crippen molar-refractivity contribution < 1.29 is 9.59 Å². The Morgan fingerprint density at radius 2 is 1.71 bits per heavy atom. The van der Waals surface area contributed by atoms with Crippen LogP contribution in [0.25, 0.3) is 5.69 Å². The highest BCUT2D eigenvalue weighted by molar-refractivity contribution is 5.99. The topological polar surface area (TPSA) is 88.9 Å². The monoisotopic (exact) mass is 377 g/mol. The van der Waals surface area contributed by atoms with Gasteiger partial charge in [0.25, 0.3) is 11.8 Å². The number of aromatic nitrogens is 3. The molecule has 0 aliphatic carbocycles. The van der Waals surface area contributed by atoms with Gasteiger partial charge in [-0.1, -0.05) is 36.8 Å². The minimum Gasteiger partial charge on any atom is -0.267 e. The Bertz CT molecular complexity index is 963. The number of hydrazine groups is 1.